The van der Waals surface area contributed by atoms with E-state index in [4.69, 9.17) is 0 Å². The summed E-state index contributed by atoms with van der Waals surface area (Å²) >= 11 is 0. The van der Waals surface area contributed by atoms with Crippen molar-refractivity contribution >= 4 is 26.6 Å². The monoisotopic (exact) mass is 303 g/mol. The minimum Gasteiger partial charge on any atom is -0.295 e. The standard InChI is InChI=1S/C12H17NO4S2/c1-3-18(15)9-8-13-19(16,17)12-6-4-11(5-7-12)10(2)14/h4-7,13H,3,8-9H2,1-2H3. The third-order valence-electron chi connectivity index (χ3n) is 2.51. The Balaban J connectivity index is 2.72. The van der Waals surface area contributed by atoms with Gasteiger partial charge in [0.2, 0.25) is 10.0 Å². The van der Waals surface area contributed by atoms with E-state index in [1.165, 1.54) is 31.2 Å². The lowest BCUT2D eigenvalue weighted by Gasteiger charge is -2.06. The number of ketones is 1. The van der Waals surface area contributed by atoms with Gasteiger partial charge in [-0.3, -0.25) is 9.00 Å². The molecular formula is C12H17NO4S2. The van der Waals surface area contributed by atoms with Crippen LogP contribution in [0.4, 0.5) is 0 Å². The third kappa shape index (κ3) is 4.85. The van der Waals surface area contributed by atoms with Crippen LogP contribution in [-0.4, -0.2) is 36.5 Å². The van der Waals surface area contributed by atoms with E-state index in [1.54, 1.807) is 6.92 Å². The summed E-state index contributed by atoms with van der Waals surface area (Å²) < 4.78 is 37.4. The lowest BCUT2D eigenvalue weighted by atomic mass is 10.2. The van der Waals surface area contributed by atoms with Gasteiger partial charge in [-0.15, -0.1) is 0 Å². The van der Waals surface area contributed by atoms with Gasteiger partial charge >= 0.3 is 0 Å². The van der Waals surface area contributed by atoms with E-state index in [1.807, 2.05) is 0 Å². The van der Waals surface area contributed by atoms with Gasteiger partial charge in [-0.05, 0) is 19.1 Å². The highest BCUT2D eigenvalue weighted by Crippen LogP contribution is 2.10. The molecule has 0 aromatic heterocycles. The number of carbonyl (C=O) groups excluding carboxylic acids is 1. The molecule has 7 heteroatoms. The van der Waals surface area contributed by atoms with Gasteiger partial charge in [-0.1, -0.05) is 19.1 Å². The lowest BCUT2D eigenvalue weighted by molar-refractivity contribution is 0.101. The fourth-order valence-electron chi connectivity index (χ4n) is 1.39. The van der Waals surface area contributed by atoms with Crippen molar-refractivity contribution in [2.75, 3.05) is 18.1 Å². The fraction of sp³-hybridized carbons (Fsp3) is 0.417. The van der Waals surface area contributed by atoms with Crippen molar-refractivity contribution in [3.05, 3.63) is 29.8 Å². The molecule has 106 valence electrons. The summed E-state index contributed by atoms with van der Waals surface area (Å²) in [6, 6.07) is 5.72. The van der Waals surface area contributed by atoms with E-state index in [2.05, 4.69) is 4.72 Å². The molecule has 1 aromatic rings. The van der Waals surface area contributed by atoms with E-state index in [9.17, 15) is 17.4 Å². The molecule has 1 N–H and O–H groups in total. The van der Waals surface area contributed by atoms with Gasteiger partial charge < -0.3 is 0 Å². The Morgan fingerprint density at radius 3 is 2.32 bits per heavy atom. The summed E-state index contributed by atoms with van der Waals surface area (Å²) in [7, 11) is -4.60. The largest absolute Gasteiger partial charge is 0.295 e. The van der Waals surface area contributed by atoms with Crippen LogP contribution in [0.25, 0.3) is 0 Å². The van der Waals surface area contributed by atoms with Crippen LogP contribution in [0.5, 0.6) is 0 Å². The molecule has 0 saturated carbocycles. The van der Waals surface area contributed by atoms with Gasteiger partial charge in [-0.25, -0.2) is 13.1 Å². The highest BCUT2D eigenvalue weighted by Gasteiger charge is 2.14. The van der Waals surface area contributed by atoms with Crippen LogP contribution in [0.1, 0.15) is 24.2 Å². The smallest absolute Gasteiger partial charge is 0.240 e. The van der Waals surface area contributed by atoms with Crippen molar-refractivity contribution in [1.82, 2.24) is 4.72 Å². The molecule has 0 aliphatic rings. The maximum atomic E-state index is 11.9. The highest BCUT2D eigenvalue weighted by molar-refractivity contribution is 7.89. The average molecular weight is 303 g/mol. The zero-order valence-corrected chi connectivity index (χ0v) is 12.5. The Hall–Kier alpha value is -1.05. The van der Waals surface area contributed by atoms with Gasteiger partial charge in [0.05, 0.1) is 4.90 Å². The highest BCUT2D eigenvalue weighted by atomic mass is 32.2. The number of Topliss-reactive ketones (excluding diaryl/α,β-unsaturated/α-hetero) is 1. The first-order chi connectivity index (χ1) is 8.86. The van der Waals surface area contributed by atoms with Crippen LogP contribution in [0.3, 0.4) is 0 Å². The molecular weight excluding hydrogens is 286 g/mol. The van der Waals surface area contributed by atoms with Crippen LogP contribution < -0.4 is 4.72 Å². The van der Waals surface area contributed by atoms with Gasteiger partial charge in [-0.2, -0.15) is 0 Å². The van der Waals surface area contributed by atoms with E-state index in [0.29, 0.717) is 17.1 Å². The van der Waals surface area contributed by atoms with E-state index in [0.717, 1.165) is 0 Å². The van der Waals surface area contributed by atoms with Crippen molar-refractivity contribution in [2.24, 2.45) is 0 Å². The molecule has 0 radical (unpaired) electrons. The molecule has 0 saturated heterocycles. The number of carbonyl (C=O) groups is 1. The van der Waals surface area contributed by atoms with Gasteiger partial charge in [0.25, 0.3) is 0 Å². The van der Waals surface area contributed by atoms with E-state index >= 15 is 0 Å². The van der Waals surface area contributed by atoms with E-state index < -0.39 is 20.8 Å². The molecule has 1 unspecified atom stereocenters. The van der Waals surface area contributed by atoms with Crippen molar-refractivity contribution in [3.8, 4) is 0 Å². The molecule has 1 atom stereocenters. The SMILES string of the molecule is CCS(=O)CCNS(=O)(=O)c1ccc(C(C)=O)cc1. The molecule has 1 aromatic carbocycles. The number of rotatable bonds is 7. The third-order valence-corrected chi connectivity index (χ3v) is 5.30. The molecule has 5 nitrogen and oxygen atoms in total. The minimum absolute atomic E-state index is 0.0970. The zero-order valence-electron chi connectivity index (χ0n) is 10.9. The van der Waals surface area contributed by atoms with E-state index in [-0.39, 0.29) is 17.2 Å². The predicted molar refractivity (Wildman–Crippen MR) is 75.2 cm³/mol. The van der Waals surface area contributed by atoms with Crippen LogP contribution in [-0.2, 0) is 20.8 Å². The van der Waals surface area contributed by atoms with Crippen molar-refractivity contribution in [1.29, 1.82) is 0 Å². The molecule has 0 fully saturated rings. The fourth-order valence-corrected chi connectivity index (χ4v) is 3.17. The normalized spacial score (nSPS) is 13.2. The Bertz CT molecular complexity index is 564. The summed E-state index contributed by atoms with van der Waals surface area (Å²) in [6.07, 6.45) is 0. The van der Waals surface area contributed by atoms with Crippen LogP contribution in [0.15, 0.2) is 29.2 Å². The maximum Gasteiger partial charge on any atom is 0.240 e. The predicted octanol–water partition coefficient (Wildman–Crippen LogP) is 0.936. The second-order valence-electron chi connectivity index (χ2n) is 3.91. The molecule has 0 amide bonds. The maximum absolute atomic E-state index is 11.9. The van der Waals surface area contributed by atoms with Crippen molar-refractivity contribution < 1.29 is 17.4 Å². The summed E-state index contributed by atoms with van der Waals surface area (Å²) in [6.45, 7) is 3.34. The molecule has 0 aliphatic carbocycles. The Morgan fingerprint density at radius 2 is 1.84 bits per heavy atom. The molecule has 0 spiro atoms. The summed E-state index contributed by atoms with van der Waals surface area (Å²) in [4.78, 5) is 11.2. The molecule has 19 heavy (non-hydrogen) atoms. The van der Waals surface area contributed by atoms with Crippen molar-refractivity contribution in [2.45, 2.75) is 18.7 Å². The quantitative estimate of drug-likeness (QED) is 0.760. The summed E-state index contributed by atoms with van der Waals surface area (Å²) in [5.41, 5.74) is 0.464. The Labute approximate surface area is 115 Å². The van der Waals surface area contributed by atoms with Gasteiger partial charge in [0, 0.05) is 34.4 Å². The second kappa shape index (κ2) is 6.93. The lowest BCUT2D eigenvalue weighted by Crippen LogP contribution is -2.28. The van der Waals surface area contributed by atoms with Crippen molar-refractivity contribution in [3.63, 3.8) is 0 Å². The number of hydrogen-bond donors (Lipinski definition) is 1. The first kappa shape index (κ1) is 16.0. The first-order valence-electron chi connectivity index (χ1n) is 5.82. The van der Waals surface area contributed by atoms with Gasteiger partial charge in [0.15, 0.2) is 5.78 Å². The van der Waals surface area contributed by atoms with Gasteiger partial charge in [0.1, 0.15) is 0 Å². The van der Waals surface area contributed by atoms with Crippen LogP contribution >= 0.6 is 0 Å². The summed E-state index contributed by atoms with van der Waals surface area (Å²) in [5, 5.41) is 0. The number of hydrogen-bond acceptors (Lipinski definition) is 4. The number of sulfonamides is 1. The van der Waals surface area contributed by atoms with Crippen LogP contribution in [0.2, 0.25) is 0 Å². The Morgan fingerprint density at radius 1 is 1.26 bits per heavy atom. The topological polar surface area (TPSA) is 80.3 Å². The molecule has 0 bridgehead atoms. The molecule has 1 rings (SSSR count). The second-order valence-corrected chi connectivity index (χ2v) is 7.54. The minimum atomic E-state index is -3.60. The molecule has 0 heterocycles. The Kier molecular flexibility index (Phi) is 5.84. The average Bonchev–Trinajstić information content (AvgIpc) is 2.38. The van der Waals surface area contributed by atoms with Crippen LogP contribution in [0, 0.1) is 0 Å². The first-order valence-corrected chi connectivity index (χ1v) is 8.79. The zero-order chi connectivity index (χ0) is 14.5. The summed E-state index contributed by atoms with van der Waals surface area (Å²) in [5.74, 6) is 0.686. The number of nitrogens with one attached hydrogen (secondary N) is 1. The molecule has 0 aliphatic heterocycles. The number of benzene rings is 1.